The molecule has 2 aliphatic rings. The van der Waals surface area contributed by atoms with E-state index in [0.717, 1.165) is 42.9 Å². The largest absolute Gasteiger partial charge is 0.330 e. The number of hydrogen-bond donors (Lipinski definition) is 0. The summed E-state index contributed by atoms with van der Waals surface area (Å²) in [6.45, 7) is 8.42. The summed E-state index contributed by atoms with van der Waals surface area (Å²) in [6, 6.07) is 8.08. The second kappa shape index (κ2) is 9.43. The second-order valence-electron chi connectivity index (χ2n) is 10.3. The zero-order valence-electron chi connectivity index (χ0n) is 20.8. The summed E-state index contributed by atoms with van der Waals surface area (Å²) in [5.41, 5.74) is 1.45. The van der Waals surface area contributed by atoms with Gasteiger partial charge < -0.3 is 14.4 Å². The van der Waals surface area contributed by atoms with Crippen molar-refractivity contribution in [1.82, 2.24) is 29.2 Å². The third-order valence-electron chi connectivity index (χ3n) is 7.25. The number of aromatic nitrogens is 2. The highest BCUT2D eigenvalue weighted by molar-refractivity contribution is 6.07. The first-order chi connectivity index (χ1) is 15.7. The lowest BCUT2D eigenvalue weighted by atomic mass is 9.85. The fourth-order valence-corrected chi connectivity index (χ4v) is 5.08. The molecule has 3 amide bonds. The second-order valence-corrected chi connectivity index (χ2v) is 10.3. The molecule has 8 nitrogen and oxygen atoms in total. The number of para-hydroxylation sites is 2. The summed E-state index contributed by atoms with van der Waals surface area (Å²) < 4.78 is 2.15. The number of likely N-dealkylation sites (tertiary alicyclic amines) is 1. The number of aryl methyl sites for hydroxylation is 1. The Bertz CT molecular complexity index is 1010. The van der Waals surface area contributed by atoms with Gasteiger partial charge in [-0.3, -0.25) is 14.6 Å². The molecule has 2 aromatic rings. The summed E-state index contributed by atoms with van der Waals surface area (Å²) in [7, 11) is 6.00. The van der Waals surface area contributed by atoms with Crippen LogP contribution in [0.15, 0.2) is 24.3 Å². The van der Waals surface area contributed by atoms with Gasteiger partial charge in [-0.25, -0.2) is 9.78 Å². The van der Waals surface area contributed by atoms with Crippen LogP contribution in [0.1, 0.15) is 38.9 Å². The fourth-order valence-electron chi connectivity index (χ4n) is 5.08. The van der Waals surface area contributed by atoms with E-state index in [0.29, 0.717) is 38.4 Å². The molecule has 0 saturated carbocycles. The maximum atomic E-state index is 13.6. The zero-order chi connectivity index (χ0) is 23.8. The van der Waals surface area contributed by atoms with Crippen LogP contribution in [-0.4, -0.2) is 93.4 Å². The number of carbonyl (C=O) groups excluding carboxylic acids is 2. The summed E-state index contributed by atoms with van der Waals surface area (Å²) in [5.74, 6) is 1.52. The first-order valence-corrected chi connectivity index (χ1v) is 12.1. The standard InChI is InChI=1S/C25H38N6O2/c1-19(2)10-13-31-24(33)30(17-16-27(3)4)23(32)25(31)11-14-29(15-12-25)18-22-26-20-8-6-7-9-21(20)28(22)5/h6-9,19H,10-18H2,1-5H3. The fraction of sp³-hybridized carbons (Fsp3) is 0.640. The molecule has 4 rings (SSSR count). The van der Waals surface area contributed by atoms with Crippen LogP contribution >= 0.6 is 0 Å². The van der Waals surface area contributed by atoms with Gasteiger partial charge in [0.2, 0.25) is 0 Å². The molecule has 0 unspecified atom stereocenters. The van der Waals surface area contributed by atoms with Gasteiger partial charge in [-0.2, -0.15) is 0 Å². The number of imidazole rings is 1. The van der Waals surface area contributed by atoms with Gasteiger partial charge in [-0.05, 0) is 51.4 Å². The third kappa shape index (κ3) is 4.51. The Morgan fingerprint density at radius 2 is 1.79 bits per heavy atom. The Kier molecular flexibility index (Phi) is 6.77. The minimum atomic E-state index is -0.693. The van der Waals surface area contributed by atoms with E-state index < -0.39 is 5.54 Å². The van der Waals surface area contributed by atoms with Gasteiger partial charge in [0.1, 0.15) is 11.4 Å². The predicted octanol–water partition coefficient (Wildman–Crippen LogP) is 2.78. The highest BCUT2D eigenvalue weighted by Crippen LogP contribution is 2.38. The van der Waals surface area contributed by atoms with Crippen LogP contribution in [0.3, 0.4) is 0 Å². The van der Waals surface area contributed by atoms with Crippen LogP contribution < -0.4 is 0 Å². The molecular formula is C25H38N6O2. The minimum absolute atomic E-state index is 0.000450. The minimum Gasteiger partial charge on any atom is -0.330 e. The highest BCUT2D eigenvalue weighted by atomic mass is 16.2. The van der Waals surface area contributed by atoms with Crippen molar-refractivity contribution in [3.05, 3.63) is 30.1 Å². The Labute approximate surface area is 197 Å². The number of likely N-dealkylation sites (N-methyl/N-ethyl adjacent to an activating group) is 1. The van der Waals surface area contributed by atoms with E-state index in [4.69, 9.17) is 4.98 Å². The van der Waals surface area contributed by atoms with Crippen molar-refractivity contribution in [2.75, 3.05) is 46.8 Å². The lowest BCUT2D eigenvalue weighted by molar-refractivity contribution is -0.135. The summed E-state index contributed by atoms with van der Waals surface area (Å²) in [5, 5.41) is 0. The predicted molar refractivity (Wildman–Crippen MR) is 130 cm³/mol. The number of fused-ring (bicyclic) bond motifs is 1. The number of rotatable bonds is 8. The number of nitrogens with zero attached hydrogens (tertiary/aromatic N) is 6. The molecule has 2 saturated heterocycles. The first kappa shape index (κ1) is 23.7. The summed E-state index contributed by atoms with van der Waals surface area (Å²) in [4.78, 5) is 39.5. The van der Waals surface area contributed by atoms with Crippen LogP contribution in [0.4, 0.5) is 4.79 Å². The smallest absolute Gasteiger partial charge is 0.327 e. The first-order valence-electron chi connectivity index (χ1n) is 12.1. The van der Waals surface area contributed by atoms with Gasteiger partial charge in [-0.1, -0.05) is 26.0 Å². The number of imide groups is 1. The SMILES string of the molecule is CC(C)CCN1C(=O)N(CCN(C)C)C(=O)C12CCN(Cc1nc3ccccc3n1C)CC2. The maximum absolute atomic E-state index is 13.6. The van der Waals surface area contributed by atoms with Gasteiger partial charge in [-0.15, -0.1) is 0 Å². The Morgan fingerprint density at radius 1 is 1.09 bits per heavy atom. The topological polar surface area (TPSA) is 64.9 Å². The van der Waals surface area contributed by atoms with Crippen LogP contribution in [0.25, 0.3) is 11.0 Å². The molecule has 0 radical (unpaired) electrons. The summed E-state index contributed by atoms with van der Waals surface area (Å²) in [6.07, 6.45) is 2.27. The van der Waals surface area contributed by atoms with Crippen LogP contribution in [0.2, 0.25) is 0 Å². The van der Waals surface area contributed by atoms with Crippen molar-refractivity contribution >= 4 is 23.0 Å². The number of urea groups is 1. The molecule has 1 aromatic carbocycles. The van der Waals surface area contributed by atoms with E-state index in [1.54, 1.807) is 0 Å². The van der Waals surface area contributed by atoms with Crippen LogP contribution in [0.5, 0.6) is 0 Å². The maximum Gasteiger partial charge on any atom is 0.327 e. The Balaban J connectivity index is 1.49. The molecule has 33 heavy (non-hydrogen) atoms. The van der Waals surface area contributed by atoms with E-state index in [-0.39, 0.29) is 11.9 Å². The van der Waals surface area contributed by atoms with Gasteiger partial charge in [0.15, 0.2) is 0 Å². The monoisotopic (exact) mass is 454 g/mol. The lowest BCUT2D eigenvalue weighted by Gasteiger charge is -2.42. The molecule has 2 fully saturated rings. The van der Waals surface area contributed by atoms with Gasteiger partial charge in [0.25, 0.3) is 5.91 Å². The molecule has 1 aromatic heterocycles. The van der Waals surface area contributed by atoms with E-state index in [2.05, 4.69) is 36.4 Å². The lowest BCUT2D eigenvalue weighted by Crippen LogP contribution is -2.56. The number of carbonyl (C=O) groups is 2. The van der Waals surface area contributed by atoms with Gasteiger partial charge in [0, 0.05) is 39.8 Å². The molecule has 0 atom stereocenters. The molecule has 8 heteroatoms. The Hall–Kier alpha value is -2.45. The van der Waals surface area contributed by atoms with Gasteiger partial charge in [0.05, 0.1) is 17.6 Å². The normalized spacial score (nSPS) is 19.2. The quantitative estimate of drug-likeness (QED) is 0.574. The molecule has 2 aliphatic heterocycles. The Morgan fingerprint density at radius 3 is 2.42 bits per heavy atom. The zero-order valence-corrected chi connectivity index (χ0v) is 20.8. The van der Waals surface area contributed by atoms with E-state index in [9.17, 15) is 9.59 Å². The molecule has 0 aliphatic carbocycles. The van der Waals surface area contributed by atoms with Crippen LogP contribution in [-0.2, 0) is 18.4 Å². The molecule has 0 N–H and O–H groups in total. The molecule has 0 bridgehead atoms. The number of benzene rings is 1. The average molecular weight is 455 g/mol. The van der Waals surface area contributed by atoms with E-state index in [1.165, 1.54) is 4.90 Å². The van der Waals surface area contributed by atoms with Crippen LogP contribution in [0, 0.1) is 5.92 Å². The van der Waals surface area contributed by atoms with Crippen molar-refractivity contribution in [3.8, 4) is 0 Å². The molecule has 3 heterocycles. The summed E-state index contributed by atoms with van der Waals surface area (Å²) >= 11 is 0. The van der Waals surface area contributed by atoms with Crippen molar-refractivity contribution in [2.24, 2.45) is 13.0 Å². The van der Waals surface area contributed by atoms with Crippen molar-refractivity contribution in [2.45, 2.75) is 45.2 Å². The number of amides is 3. The van der Waals surface area contributed by atoms with Crippen molar-refractivity contribution in [1.29, 1.82) is 0 Å². The molecule has 180 valence electrons. The van der Waals surface area contributed by atoms with Crippen molar-refractivity contribution < 1.29 is 9.59 Å². The van der Waals surface area contributed by atoms with Gasteiger partial charge >= 0.3 is 6.03 Å². The van der Waals surface area contributed by atoms with E-state index in [1.807, 2.05) is 42.1 Å². The van der Waals surface area contributed by atoms with Crippen molar-refractivity contribution in [3.63, 3.8) is 0 Å². The number of hydrogen-bond acceptors (Lipinski definition) is 5. The average Bonchev–Trinajstić information content (AvgIpc) is 3.19. The number of piperidine rings is 1. The molecular weight excluding hydrogens is 416 g/mol. The molecule has 1 spiro atoms. The third-order valence-corrected chi connectivity index (χ3v) is 7.25. The highest BCUT2D eigenvalue weighted by Gasteiger charge is 2.57. The van der Waals surface area contributed by atoms with E-state index >= 15 is 0 Å².